The first-order chi connectivity index (χ1) is 20.2. The molecule has 12 heteroatoms. The molecule has 2 aromatic heterocycles. The number of rotatable bonds is 9. The van der Waals surface area contributed by atoms with Crippen molar-refractivity contribution in [2.75, 3.05) is 70.8 Å². The van der Waals surface area contributed by atoms with Gasteiger partial charge in [0, 0.05) is 57.7 Å². The summed E-state index contributed by atoms with van der Waals surface area (Å²) in [6.45, 7) is 4.49. The number of anilines is 3. The first kappa shape index (κ1) is 30.0. The monoisotopic (exact) mass is 588 g/mol. The number of methoxy groups -OCH3 is 2. The van der Waals surface area contributed by atoms with Crippen LogP contribution in [0.25, 0.3) is 11.0 Å². The molecule has 0 saturated carbocycles. The predicted octanol–water partition coefficient (Wildman–Crippen LogP) is 5.51. The van der Waals surface area contributed by atoms with E-state index >= 15 is 0 Å². The summed E-state index contributed by atoms with van der Waals surface area (Å²) in [5, 5.41) is 3.17. The van der Waals surface area contributed by atoms with Gasteiger partial charge in [-0.2, -0.15) is 13.2 Å². The lowest BCUT2D eigenvalue weighted by atomic mass is 9.99. The van der Waals surface area contributed by atoms with Crippen LogP contribution in [0.1, 0.15) is 48.0 Å². The van der Waals surface area contributed by atoms with Crippen LogP contribution >= 0.6 is 0 Å². The number of amides is 1. The molecular weight excluding hydrogens is 549 g/mol. The smallest absolute Gasteiger partial charge is 0.418 e. The molecule has 2 fully saturated rings. The van der Waals surface area contributed by atoms with Gasteiger partial charge in [-0.05, 0) is 57.0 Å². The second kappa shape index (κ2) is 12.8. The number of nitrogens with zero attached hydrogens (tertiary/aromatic N) is 4. The minimum Gasteiger partial charge on any atom is -0.495 e. The first-order valence-corrected chi connectivity index (χ1v) is 14.5. The fourth-order valence-electron chi connectivity index (χ4n) is 6.02. The van der Waals surface area contributed by atoms with Crippen LogP contribution in [0.4, 0.5) is 30.4 Å². The Hall–Kier alpha value is -3.51. The lowest BCUT2D eigenvalue weighted by molar-refractivity contribution is -0.136. The van der Waals surface area contributed by atoms with E-state index in [1.54, 1.807) is 43.3 Å². The summed E-state index contributed by atoms with van der Waals surface area (Å²) in [4.78, 5) is 26.7. The summed E-state index contributed by atoms with van der Waals surface area (Å²) in [7, 11) is 4.76. The molecule has 5 rings (SSSR count). The zero-order valence-electron chi connectivity index (χ0n) is 24.4. The highest BCUT2D eigenvalue weighted by Crippen LogP contribution is 2.40. The van der Waals surface area contributed by atoms with Crippen molar-refractivity contribution in [1.29, 1.82) is 0 Å². The quantitative estimate of drug-likeness (QED) is 0.341. The van der Waals surface area contributed by atoms with Crippen LogP contribution in [0.15, 0.2) is 30.5 Å². The minimum atomic E-state index is -4.54. The van der Waals surface area contributed by atoms with Gasteiger partial charge in [-0.1, -0.05) is 6.42 Å². The highest BCUT2D eigenvalue weighted by molar-refractivity contribution is 5.97. The number of H-pyrrole nitrogens is 1. The average Bonchev–Trinajstić information content (AvgIpc) is 3.45. The molecule has 0 atom stereocenters. The standard InChI is InChI=1S/C30H39F3N6O3/c1-37(15-16-41-2)24-18-26(36-28-27(24)22(19-34-28)30(31,32)33)35-23-8-7-20(17-25(23)42-3)29(40)39-13-9-21(10-14-39)38-11-5-4-6-12-38/h7-8,17-19,21H,4-6,9-16H2,1-3H3,(H2,34,35,36). The third-order valence-corrected chi connectivity index (χ3v) is 8.34. The zero-order valence-corrected chi connectivity index (χ0v) is 24.4. The number of piperidine rings is 2. The van der Waals surface area contributed by atoms with Gasteiger partial charge in [-0.25, -0.2) is 4.98 Å². The molecule has 0 radical (unpaired) electrons. The van der Waals surface area contributed by atoms with Crippen LogP contribution in [-0.2, 0) is 10.9 Å². The van der Waals surface area contributed by atoms with Crippen LogP contribution in [0, 0.1) is 0 Å². The van der Waals surface area contributed by atoms with Gasteiger partial charge < -0.3 is 34.5 Å². The van der Waals surface area contributed by atoms with Crippen molar-refractivity contribution in [2.24, 2.45) is 0 Å². The normalized spacial score (nSPS) is 17.0. The van der Waals surface area contributed by atoms with E-state index in [1.807, 2.05) is 4.90 Å². The van der Waals surface area contributed by atoms with E-state index in [-0.39, 0.29) is 16.9 Å². The van der Waals surface area contributed by atoms with E-state index < -0.39 is 11.7 Å². The zero-order chi connectivity index (χ0) is 29.9. The number of hydrogen-bond donors (Lipinski definition) is 2. The molecule has 228 valence electrons. The van der Waals surface area contributed by atoms with E-state index in [9.17, 15) is 18.0 Å². The van der Waals surface area contributed by atoms with E-state index in [1.165, 1.54) is 26.4 Å². The summed E-state index contributed by atoms with van der Waals surface area (Å²) in [5.41, 5.74) is 0.739. The number of carbonyl (C=O) groups is 1. The van der Waals surface area contributed by atoms with E-state index in [2.05, 4.69) is 20.2 Å². The van der Waals surface area contributed by atoms with Gasteiger partial charge in [-0.3, -0.25) is 4.79 Å². The fraction of sp³-hybridized carbons (Fsp3) is 0.533. The summed E-state index contributed by atoms with van der Waals surface area (Å²) < 4.78 is 52.1. The molecule has 2 aliphatic heterocycles. The number of benzene rings is 1. The van der Waals surface area contributed by atoms with Crippen molar-refractivity contribution < 1.29 is 27.4 Å². The fourth-order valence-corrected chi connectivity index (χ4v) is 6.02. The van der Waals surface area contributed by atoms with Crippen molar-refractivity contribution >= 4 is 34.1 Å². The van der Waals surface area contributed by atoms with E-state index in [4.69, 9.17) is 9.47 Å². The Labute approximate surface area is 244 Å². The van der Waals surface area contributed by atoms with E-state index in [0.717, 1.165) is 45.2 Å². The van der Waals surface area contributed by atoms with Crippen molar-refractivity contribution in [3.05, 3.63) is 41.6 Å². The molecule has 42 heavy (non-hydrogen) atoms. The maximum absolute atomic E-state index is 13.8. The lowest BCUT2D eigenvalue weighted by Gasteiger charge is -2.40. The van der Waals surface area contributed by atoms with Gasteiger partial charge in [0.15, 0.2) is 0 Å². The average molecular weight is 589 g/mol. The molecule has 3 aromatic rings. The third-order valence-electron chi connectivity index (χ3n) is 8.34. The molecule has 2 N–H and O–H groups in total. The third kappa shape index (κ3) is 6.44. The molecule has 0 bridgehead atoms. The first-order valence-electron chi connectivity index (χ1n) is 14.5. The molecular formula is C30H39F3N6O3. The number of aromatic nitrogens is 2. The number of alkyl halides is 3. The van der Waals surface area contributed by atoms with Gasteiger partial charge in [0.05, 0.1) is 36.0 Å². The Morgan fingerprint density at radius 3 is 2.52 bits per heavy atom. The van der Waals surface area contributed by atoms with Crippen LogP contribution in [0.5, 0.6) is 5.75 Å². The molecule has 0 unspecified atom stereocenters. The van der Waals surface area contributed by atoms with Crippen molar-refractivity contribution in [1.82, 2.24) is 19.8 Å². The second-order valence-electron chi connectivity index (χ2n) is 11.0. The molecule has 1 aromatic carbocycles. The lowest BCUT2D eigenvalue weighted by Crippen LogP contribution is -2.48. The number of fused-ring (bicyclic) bond motifs is 1. The maximum atomic E-state index is 13.8. The number of nitrogens with one attached hydrogen (secondary N) is 2. The summed E-state index contributed by atoms with van der Waals surface area (Å²) >= 11 is 0. The number of likely N-dealkylation sites (tertiary alicyclic amines) is 2. The summed E-state index contributed by atoms with van der Waals surface area (Å²) in [5.74, 6) is 0.724. The van der Waals surface area contributed by atoms with Crippen molar-refractivity contribution in [3.8, 4) is 5.75 Å². The van der Waals surface area contributed by atoms with Crippen LogP contribution in [0.2, 0.25) is 0 Å². The number of hydrogen-bond acceptors (Lipinski definition) is 7. The SMILES string of the molecule is COCCN(C)c1cc(Nc2ccc(C(=O)N3CCC(N4CCCCC4)CC3)cc2OC)nc2[nH]cc(C(F)(F)F)c12. The van der Waals surface area contributed by atoms with E-state index in [0.29, 0.717) is 47.7 Å². The molecule has 4 heterocycles. The number of aromatic amines is 1. The number of ether oxygens (including phenoxy) is 2. The van der Waals surface area contributed by atoms with Gasteiger partial charge in [0.2, 0.25) is 0 Å². The largest absolute Gasteiger partial charge is 0.495 e. The Morgan fingerprint density at radius 2 is 1.86 bits per heavy atom. The number of pyridine rings is 1. The molecule has 1 amide bonds. The topological polar surface area (TPSA) is 86.0 Å². The Balaban J connectivity index is 1.35. The highest BCUT2D eigenvalue weighted by Gasteiger charge is 2.36. The van der Waals surface area contributed by atoms with Gasteiger partial charge >= 0.3 is 6.18 Å². The molecule has 0 spiro atoms. The van der Waals surface area contributed by atoms with Gasteiger partial charge in [0.1, 0.15) is 17.2 Å². The second-order valence-corrected chi connectivity index (χ2v) is 11.0. The van der Waals surface area contributed by atoms with Crippen LogP contribution < -0.4 is 15.0 Å². The van der Waals surface area contributed by atoms with Crippen LogP contribution in [0.3, 0.4) is 0 Å². The number of carbonyl (C=O) groups excluding carboxylic acids is 1. The summed E-state index contributed by atoms with van der Waals surface area (Å²) in [6.07, 6.45) is 2.18. The molecule has 0 aliphatic carbocycles. The van der Waals surface area contributed by atoms with Crippen molar-refractivity contribution in [3.63, 3.8) is 0 Å². The minimum absolute atomic E-state index is 0.0105. The van der Waals surface area contributed by atoms with Gasteiger partial charge in [0.25, 0.3) is 5.91 Å². The predicted molar refractivity (Wildman–Crippen MR) is 157 cm³/mol. The van der Waals surface area contributed by atoms with Crippen LogP contribution in [-0.4, -0.2) is 92.3 Å². The van der Waals surface area contributed by atoms with Crippen molar-refractivity contribution in [2.45, 2.75) is 44.3 Å². The molecule has 9 nitrogen and oxygen atoms in total. The van der Waals surface area contributed by atoms with Gasteiger partial charge in [-0.15, -0.1) is 0 Å². The molecule has 2 saturated heterocycles. The number of halogens is 3. The maximum Gasteiger partial charge on any atom is 0.418 e. The Bertz CT molecular complexity index is 1380. The number of likely N-dealkylation sites (N-methyl/N-ethyl adjacent to an activating group) is 1. The highest BCUT2D eigenvalue weighted by atomic mass is 19.4. The Morgan fingerprint density at radius 1 is 1.12 bits per heavy atom. The Kier molecular flexibility index (Phi) is 9.12. The summed E-state index contributed by atoms with van der Waals surface area (Å²) in [6, 6.07) is 7.30. The molecule has 2 aliphatic rings.